The molecule has 0 radical (unpaired) electrons. The first-order chi connectivity index (χ1) is 7.58. The van der Waals surface area contributed by atoms with Crippen molar-refractivity contribution < 1.29 is 9.53 Å². The van der Waals surface area contributed by atoms with Crippen molar-refractivity contribution in [1.82, 2.24) is 0 Å². The van der Waals surface area contributed by atoms with E-state index in [1.54, 1.807) is 18.2 Å². The highest BCUT2D eigenvalue weighted by molar-refractivity contribution is 6.31. The van der Waals surface area contributed by atoms with Gasteiger partial charge in [0.15, 0.2) is 0 Å². The van der Waals surface area contributed by atoms with E-state index in [2.05, 4.69) is 10.1 Å². The van der Waals surface area contributed by atoms with Crippen LogP contribution in [0.25, 0.3) is 0 Å². The highest BCUT2D eigenvalue weighted by Gasteiger charge is 2.13. The Morgan fingerprint density at radius 3 is 2.88 bits per heavy atom. The first-order valence-electron chi connectivity index (χ1n) is 4.93. The molecule has 1 rings (SSSR count). The van der Waals surface area contributed by atoms with Crippen molar-refractivity contribution in [2.45, 2.75) is 13.0 Å². The summed E-state index contributed by atoms with van der Waals surface area (Å²) in [5.74, 6) is -0.400. The molecular formula is C11H15ClN2O2. The number of carbonyl (C=O) groups excluding carboxylic acids is 1. The Balaban J connectivity index is 3.03. The normalized spacial score (nSPS) is 12.0. The zero-order valence-corrected chi connectivity index (χ0v) is 10.0. The van der Waals surface area contributed by atoms with Gasteiger partial charge in [0.05, 0.1) is 18.4 Å². The van der Waals surface area contributed by atoms with Crippen LogP contribution in [0.3, 0.4) is 0 Å². The zero-order valence-electron chi connectivity index (χ0n) is 9.29. The fourth-order valence-corrected chi connectivity index (χ4v) is 1.42. The van der Waals surface area contributed by atoms with Gasteiger partial charge in [0.1, 0.15) is 0 Å². The minimum atomic E-state index is -0.400. The Bertz CT molecular complexity index is 382. The summed E-state index contributed by atoms with van der Waals surface area (Å²) in [6, 6.07) is 5.01. The Kier molecular flexibility index (Phi) is 4.58. The van der Waals surface area contributed by atoms with Gasteiger partial charge in [-0.15, -0.1) is 0 Å². The predicted octanol–water partition coefficient (Wildman–Crippen LogP) is 1.89. The number of rotatable bonds is 4. The van der Waals surface area contributed by atoms with Crippen LogP contribution in [0.1, 0.15) is 17.3 Å². The van der Waals surface area contributed by atoms with Gasteiger partial charge >= 0.3 is 5.97 Å². The number of carbonyl (C=O) groups is 1. The van der Waals surface area contributed by atoms with Crippen LogP contribution in [0.2, 0.25) is 5.02 Å². The summed E-state index contributed by atoms with van der Waals surface area (Å²) in [6.07, 6.45) is 0. The van der Waals surface area contributed by atoms with Gasteiger partial charge < -0.3 is 15.8 Å². The van der Waals surface area contributed by atoms with Crippen LogP contribution in [-0.4, -0.2) is 25.7 Å². The average Bonchev–Trinajstić information content (AvgIpc) is 2.28. The van der Waals surface area contributed by atoms with Crippen molar-refractivity contribution in [3.63, 3.8) is 0 Å². The van der Waals surface area contributed by atoms with E-state index in [9.17, 15) is 4.79 Å². The van der Waals surface area contributed by atoms with Crippen molar-refractivity contribution in [2.24, 2.45) is 5.73 Å². The summed E-state index contributed by atoms with van der Waals surface area (Å²) in [5, 5.41) is 3.66. The maximum atomic E-state index is 11.5. The predicted molar refractivity (Wildman–Crippen MR) is 64.9 cm³/mol. The lowest BCUT2D eigenvalue weighted by Crippen LogP contribution is -2.26. The summed E-state index contributed by atoms with van der Waals surface area (Å²) in [7, 11) is 1.34. The van der Waals surface area contributed by atoms with Gasteiger partial charge in [-0.05, 0) is 25.1 Å². The highest BCUT2D eigenvalue weighted by atomic mass is 35.5. The second-order valence-corrected chi connectivity index (χ2v) is 3.90. The van der Waals surface area contributed by atoms with E-state index in [-0.39, 0.29) is 6.04 Å². The molecule has 0 bridgehead atoms. The third kappa shape index (κ3) is 3.12. The molecule has 0 aliphatic rings. The zero-order chi connectivity index (χ0) is 12.1. The SMILES string of the molecule is COC(=O)c1ccc(Cl)cc1NC(C)CN. The smallest absolute Gasteiger partial charge is 0.339 e. The number of benzene rings is 1. The lowest BCUT2D eigenvalue weighted by molar-refractivity contribution is 0.0602. The van der Waals surface area contributed by atoms with Gasteiger partial charge in [0.25, 0.3) is 0 Å². The number of halogens is 1. The Morgan fingerprint density at radius 1 is 1.62 bits per heavy atom. The van der Waals surface area contributed by atoms with E-state index < -0.39 is 5.97 Å². The number of ether oxygens (including phenoxy) is 1. The maximum absolute atomic E-state index is 11.5. The molecule has 1 aromatic carbocycles. The van der Waals surface area contributed by atoms with Gasteiger partial charge in [-0.25, -0.2) is 4.79 Å². The minimum absolute atomic E-state index is 0.0573. The molecule has 0 aliphatic carbocycles. The monoisotopic (exact) mass is 242 g/mol. The molecule has 1 unspecified atom stereocenters. The third-order valence-electron chi connectivity index (χ3n) is 2.14. The highest BCUT2D eigenvalue weighted by Crippen LogP contribution is 2.22. The van der Waals surface area contributed by atoms with Crippen LogP contribution >= 0.6 is 11.6 Å². The summed E-state index contributed by atoms with van der Waals surface area (Å²) in [5.41, 5.74) is 6.59. The molecule has 0 saturated heterocycles. The van der Waals surface area contributed by atoms with E-state index in [0.29, 0.717) is 22.8 Å². The topological polar surface area (TPSA) is 64.3 Å². The Morgan fingerprint density at radius 2 is 2.31 bits per heavy atom. The number of nitrogens with two attached hydrogens (primary N) is 1. The largest absolute Gasteiger partial charge is 0.465 e. The van der Waals surface area contributed by atoms with E-state index in [0.717, 1.165) is 0 Å². The van der Waals surface area contributed by atoms with Crippen LogP contribution in [0.4, 0.5) is 5.69 Å². The van der Waals surface area contributed by atoms with Crippen LogP contribution in [0.15, 0.2) is 18.2 Å². The molecule has 1 atom stereocenters. The van der Waals surface area contributed by atoms with Gasteiger partial charge in [0.2, 0.25) is 0 Å². The summed E-state index contributed by atoms with van der Waals surface area (Å²) in [6.45, 7) is 2.38. The van der Waals surface area contributed by atoms with Crippen molar-refractivity contribution in [1.29, 1.82) is 0 Å². The van der Waals surface area contributed by atoms with Crippen molar-refractivity contribution in [3.8, 4) is 0 Å². The number of nitrogens with one attached hydrogen (secondary N) is 1. The molecule has 88 valence electrons. The van der Waals surface area contributed by atoms with Gasteiger partial charge in [0, 0.05) is 17.6 Å². The summed E-state index contributed by atoms with van der Waals surface area (Å²) < 4.78 is 4.68. The van der Waals surface area contributed by atoms with Crippen LogP contribution in [0.5, 0.6) is 0 Å². The van der Waals surface area contributed by atoms with Gasteiger partial charge in [-0.2, -0.15) is 0 Å². The number of esters is 1. The molecular weight excluding hydrogens is 228 g/mol. The maximum Gasteiger partial charge on any atom is 0.339 e. The van der Waals surface area contributed by atoms with Gasteiger partial charge in [-0.1, -0.05) is 11.6 Å². The Hall–Kier alpha value is -1.26. The minimum Gasteiger partial charge on any atom is -0.465 e. The van der Waals surface area contributed by atoms with Crippen LogP contribution < -0.4 is 11.1 Å². The molecule has 3 N–H and O–H groups in total. The molecule has 5 heteroatoms. The summed E-state index contributed by atoms with van der Waals surface area (Å²) >= 11 is 5.87. The molecule has 0 fully saturated rings. The standard InChI is InChI=1S/C11H15ClN2O2/c1-7(6-13)14-10-5-8(12)3-4-9(10)11(15)16-2/h3-5,7,14H,6,13H2,1-2H3. The molecule has 1 aromatic rings. The Labute approximate surface area is 99.7 Å². The summed E-state index contributed by atoms with van der Waals surface area (Å²) in [4.78, 5) is 11.5. The third-order valence-corrected chi connectivity index (χ3v) is 2.38. The number of methoxy groups -OCH3 is 1. The van der Waals surface area contributed by atoms with Gasteiger partial charge in [-0.3, -0.25) is 0 Å². The second kappa shape index (κ2) is 5.72. The molecule has 0 spiro atoms. The second-order valence-electron chi connectivity index (χ2n) is 3.46. The van der Waals surface area contributed by atoms with E-state index in [1.807, 2.05) is 6.92 Å². The molecule has 0 aromatic heterocycles. The molecule has 16 heavy (non-hydrogen) atoms. The number of hydrogen-bond acceptors (Lipinski definition) is 4. The first kappa shape index (κ1) is 12.8. The lowest BCUT2D eigenvalue weighted by atomic mass is 10.1. The molecule has 0 saturated carbocycles. The van der Waals surface area contributed by atoms with Crippen LogP contribution in [-0.2, 0) is 4.74 Å². The van der Waals surface area contributed by atoms with Crippen molar-refractivity contribution >= 4 is 23.3 Å². The first-order valence-corrected chi connectivity index (χ1v) is 5.30. The fraction of sp³-hybridized carbons (Fsp3) is 0.364. The van der Waals surface area contributed by atoms with E-state index in [4.69, 9.17) is 17.3 Å². The lowest BCUT2D eigenvalue weighted by Gasteiger charge is -2.15. The molecule has 0 amide bonds. The molecule has 4 nitrogen and oxygen atoms in total. The quantitative estimate of drug-likeness (QED) is 0.792. The van der Waals surface area contributed by atoms with Crippen molar-refractivity contribution in [3.05, 3.63) is 28.8 Å². The van der Waals surface area contributed by atoms with Crippen molar-refractivity contribution in [2.75, 3.05) is 19.0 Å². The van der Waals surface area contributed by atoms with E-state index >= 15 is 0 Å². The molecule has 0 heterocycles. The number of anilines is 1. The average molecular weight is 243 g/mol. The van der Waals surface area contributed by atoms with E-state index in [1.165, 1.54) is 7.11 Å². The number of hydrogen-bond donors (Lipinski definition) is 2. The molecule has 0 aliphatic heterocycles. The van der Waals surface area contributed by atoms with Crippen LogP contribution in [0, 0.1) is 0 Å². The fourth-order valence-electron chi connectivity index (χ4n) is 1.25.